The van der Waals surface area contributed by atoms with Crippen LogP contribution < -0.4 is 5.32 Å². The van der Waals surface area contributed by atoms with Crippen LogP contribution in [0.15, 0.2) is 0 Å². The van der Waals surface area contributed by atoms with Crippen molar-refractivity contribution in [1.82, 2.24) is 15.1 Å². The third-order valence-corrected chi connectivity index (χ3v) is 4.27. The van der Waals surface area contributed by atoms with Gasteiger partial charge in [0.05, 0.1) is 19.1 Å². The lowest BCUT2D eigenvalue weighted by atomic mass is 10.0. The molecule has 3 saturated heterocycles. The first-order valence-electron chi connectivity index (χ1n) is 7.15. The quantitative estimate of drug-likeness (QED) is 0.701. The van der Waals surface area contributed by atoms with E-state index in [0.717, 1.165) is 32.5 Å². The molecule has 3 aliphatic heterocycles. The Labute approximate surface area is 113 Å². The SMILES string of the molecule is O=C(C1CCCN1C(=O)C1CNC1)N1CCOCC1. The maximum atomic E-state index is 12.5. The van der Waals surface area contributed by atoms with Crippen molar-refractivity contribution in [2.45, 2.75) is 18.9 Å². The molecule has 3 aliphatic rings. The molecule has 3 rings (SSSR count). The summed E-state index contributed by atoms with van der Waals surface area (Å²) in [5, 5.41) is 3.11. The molecule has 19 heavy (non-hydrogen) atoms. The van der Waals surface area contributed by atoms with Crippen molar-refractivity contribution in [3.05, 3.63) is 0 Å². The molecule has 0 aromatic carbocycles. The number of morpholine rings is 1. The van der Waals surface area contributed by atoms with Crippen LogP contribution in [-0.2, 0) is 14.3 Å². The largest absolute Gasteiger partial charge is 0.378 e. The molecule has 106 valence electrons. The van der Waals surface area contributed by atoms with Crippen molar-refractivity contribution in [1.29, 1.82) is 0 Å². The number of rotatable bonds is 2. The Hall–Kier alpha value is -1.14. The van der Waals surface area contributed by atoms with Crippen molar-refractivity contribution in [3.8, 4) is 0 Å². The zero-order chi connectivity index (χ0) is 13.2. The van der Waals surface area contributed by atoms with Gasteiger partial charge in [0.1, 0.15) is 6.04 Å². The summed E-state index contributed by atoms with van der Waals surface area (Å²) in [6.45, 7) is 4.78. The highest BCUT2D eigenvalue weighted by atomic mass is 16.5. The summed E-state index contributed by atoms with van der Waals surface area (Å²) in [4.78, 5) is 28.5. The van der Waals surface area contributed by atoms with Crippen LogP contribution in [0.25, 0.3) is 0 Å². The fourth-order valence-electron chi connectivity index (χ4n) is 2.98. The van der Waals surface area contributed by atoms with Crippen LogP contribution in [0.3, 0.4) is 0 Å². The topological polar surface area (TPSA) is 61.9 Å². The number of carbonyl (C=O) groups excluding carboxylic acids is 2. The lowest BCUT2D eigenvalue weighted by molar-refractivity contribution is -0.149. The number of hydrogen-bond donors (Lipinski definition) is 1. The number of likely N-dealkylation sites (tertiary alicyclic amines) is 1. The minimum absolute atomic E-state index is 0.0816. The number of carbonyl (C=O) groups is 2. The first-order chi connectivity index (χ1) is 9.27. The van der Waals surface area contributed by atoms with Crippen molar-refractivity contribution < 1.29 is 14.3 Å². The van der Waals surface area contributed by atoms with E-state index in [0.29, 0.717) is 26.3 Å². The van der Waals surface area contributed by atoms with Gasteiger partial charge in [-0.3, -0.25) is 9.59 Å². The highest BCUT2D eigenvalue weighted by Gasteiger charge is 2.40. The molecule has 0 bridgehead atoms. The van der Waals surface area contributed by atoms with Gasteiger partial charge in [-0.25, -0.2) is 0 Å². The molecule has 0 aliphatic carbocycles. The van der Waals surface area contributed by atoms with Crippen LogP contribution in [-0.4, -0.2) is 73.6 Å². The number of ether oxygens (including phenoxy) is 1. The summed E-state index contributed by atoms with van der Waals surface area (Å²) in [7, 11) is 0. The fraction of sp³-hybridized carbons (Fsp3) is 0.846. The summed E-state index contributed by atoms with van der Waals surface area (Å²) < 4.78 is 5.27. The van der Waals surface area contributed by atoms with Crippen LogP contribution in [0, 0.1) is 5.92 Å². The Morgan fingerprint density at radius 3 is 2.42 bits per heavy atom. The van der Waals surface area contributed by atoms with Gasteiger partial charge in [-0.15, -0.1) is 0 Å². The average Bonchev–Trinajstić information content (AvgIpc) is 2.86. The Balaban J connectivity index is 1.64. The van der Waals surface area contributed by atoms with Crippen molar-refractivity contribution in [3.63, 3.8) is 0 Å². The maximum absolute atomic E-state index is 12.5. The summed E-state index contributed by atoms with van der Waals surface area (Å²) in [6.07, 6.45) is 1.74. The first-order valence-corrected chi connectivity index (χ1v) is 7.15. The fourth-order valence-corrected chi connectivity index (χ4v) is 2.98. The molecule has 1 N–H and O–H groups in total. The van der Waals surface area contributed by atoms with Crippen LogP contribution in [0.5, 0.6) is 0 Å². The number of nitrogens with one attached hydrogen (secondary N) is 1. The van der Waals surface area contributed by atoms with Gasteiger partial charge >= 0.3 is 0 Å². The molecular formula is C13H21N3O3. The summed E-state index contributed by atoms with van der Waals surface area (Å²) in [5.74, 6) is 0.349. The van der Waals surface area contributed by atoms with Gasteiger partial charge < -0.3 is 19.9 Å². The zero-order valence-electron chi connectivity index (χ0n) is 11.1. The molecule has 0 radical (unpaired) electrons. The van der Waals surface area contributed by atoms with Gasteiger partial charge in [0.25, 0.3) is 0 Å². The Morgan fingerprint density at radius 1 is 1.05 bits per heavy atom. The molecule has 1 atom stereocenters. The van der Waals surface area contributed by atoms with Crippen LogP contribution >= 0.6 is 0 Å². The predicted octanol–water partition coefficient (Wildman–Crippen LogP) is -0.944. The van der Waals surface area contributed by atoms with Gasteiger partial charge in [0.15, 0.2) is 0 Å². The third-order valence-electron chi connectivity index (χ3n) is 4.27. The van der Waals surface area contributed by atoms with E-state index in [1.54, 1.807) is 0 Å². The van der Waals surface area contributed by atoms with Crippen molar-refractivity contribution >= 4 is 11.8 Å². The Morgan fingerprint density at radius 2 is 1.79 bits per heavy atom. The van der Waals surface area contributed by atoms with E-state index in [2.05, 4.69) is 5.32 Å². The van der Waals surface area contributed by atoms with E-state index in [-0.39, 0.29) is 23.8 Å². The molecule has 6 nitrogen and oxygen atoms in total. The molecule has 3 heterocycles. The number of hydrogen-bond acceptors (Lipinski definition) is 4. The summed E-state index contributed by atoms with van der Waals surface area (Å²) in [5.41, 5.74) is 0. The van der Waals surface area contributed by atoms with Gasteiger partial charge in [-0.2, -0.15) is 0 Å². The lowest BCUT2D eigenvalue weighted by Gasteiger charge is -2.36. The van der Waals surface area contributed by atoms with E-state index >= 15 is 0 Å². The predicted molar refractivity (Wildman–Crippen MR) is 68.5 cm³/mol. The second kappa shape index (κ2) is 5.46. The summed E-state index contributed by atoms with van der Waals surface area (Å²) >= 11 is 0. The maximum Gasteiger partial charge on any atom is 0.245 e. The zero-order valence-corrected chi connectivity index (χ0v) is 11.1. The molecule has 2 amide bonds. The van der Waals surface area contributed by atoms with E-state index in [4.69, 9.17) is 4.74 Å². The monoisotopic (exact) mass is 267 g/mol. The van der Waals surface area contributed by atoms with Crippen molar-refractivity contribution in [2.75, 3.05) is 45.9 Å². The van der Waals surface area contributed by atoms with Crippen LogP contribution in [0.2, 0.25) is 0 Å². The Kier molecular flexibility index (Phi) is 3.70. The molecule has 0 spiro atoms. The first kappa shape index (κ1) is 12.9. The smallest absolute Gasteiger partial charge is 0.245 e. The second-order valence-electron chi connectivity index (χ2n) is 5.48. The minimum Gasteiger partial charge on any atom is -0.378 e. The Bertz CT molecular complexity index is 364. The molecule has 1 unspecified atom stereocenters. The molecule has 0 aromatic rings. The van der Waals surface area contributed by atoms with Crippen LogP contribution in [0.1, 0.15) is 12.8 Å². The normalized spacial score (nSPS) is 28.3. The van der Waals surface area contributed by atoms with E-state index in [9.17, 15) is 9.59 Å². The van der Waals surface area contributed by atoms with Crippen molar-refractivity contribution in [2.24, 2.45) is 5.92 Å². The van der Waals surface area contributed by atoms with Gasteiger partial charge in [0, 0.05) is 32.7 Å². The van der Waals surface area contributed by atoms with E-state index in [1.165, 1.54) is 0 Å². The third kappa shape index (κ3) is 2.47. The second-order valence-corrected chi connectivity index (χ2v) is 5.48. The lowest BCUT2D eigenvalue weighted by Crippen LogP contribution is -2.56. The van der Waals surface area contributed by atoms with E-state index < -0.39 is 0 Å². The molecule has 0 saturated carbocycles. The number of nitrogens with zero attached hydrogens (tertiary/aromatic N) is 2. The highest BCUT2D eigenvalue weighted by Crippen LogP contribution is 2.23. The van der Waals surface area contributed by atoms with Gasteiger partial charge in [-0.1, -0.05) is 0 Å². The average molecular weight is 267 g/mol. The van der Waals surface area contributed by atoms with Gasteiger partial charge in [-0.05, 0) is 12.8 Å². The molecular weight excluding hydrogens is 246 g/mol. The number of amides is 2. The molecule has 3 fully saturated rings. The van der Waals surface area contributed by atoms with E-state index in [1.807, 2.05) is 9.80 Å². The van der Waals surface area contributed by atoms with Gasteiger partial charge in [0.2, 0.25) is 11.8 Å². The summed E-state index contributed by atoms with van der Waals surface area (Å²) in [6, 6.07) is -0.230. The van der Waals surface area contributed by atoms with Crippen LogP contribution in [0.4, 0.5) is 0 Å². The standard InChI is InChI=1S/C13H21N3O3/c17-12(10-8-14-9-10)16-3-1-2-11(16)13(18)15-4-6-19-7-5-15/h10-11,14H,1-9H2. The minimum atomic E-state index is -0.230. The molecule has 0 aromatic heterocycles. The highest BCUT2D eigenvalue weighted by molar-refractivity contribution is 5.89. The molecule has 6 heteroatoms.